The van der Waals surface area contributed by atoms with Crippen LogP contribution in [0.4, 0.5) is 0 Å². The predicted octanol–water partition coefficient (Wildman–Crippen LogP) is 2.79. The highest BCUT2D eigenvalue weighted by Crippen LogP contribution is 2.27. The molecule has 1 atom stereocenters. The van der Waals surface area contributed by atoms with Gasteiger partial charge in [0.15, 0.2) is 0 Å². The van der Waals surface area contributed by atoms with Crippen LogP contribution < -0.4 is 10.1 Å². The first-order valence-electron chi connectivity index (χ1n) is 8.20. The third-order valence-corrected chi connectivity index (χ3v) is 4.45. The van der Waals surface area contributed by atoms with Crippen LogP contribution in [0.3, 0.4) is 0 Å². The Labute approximate surface area is 147 Å². The van der Waals surface area contributed by atoms with Crippen molar-refractivity contribution < 1.29 is 19.4 Å². The normalized spacial score (nSPS) is 12.9. The molecule has 0 aromatic heterocycles. The van der Waals surface area contributed by atoms with E-state index < -0.39 is 11.4 Å². The maximum absolute atomic E-state index is 12.2. The Kier molecular flexibility index (Phi) is 6.17. The highest BCUT2D eigenvalue weighted by molar-refractivity contribution is 5.84. The number of aliphatic carboxylic acids is 1. The SMILES string of the molecule is CCC(CNC(=O)Cc1ccc(OC)cc1)(C(=O)O)c1ccccc1. The Morgan fingerprint density at radius 3 is 2.24 bits per heavy atom. The number of ether oxygens (including phenoxy) is 1. The van der Waals surface area contributed by atoms with Crippen molar-refractivity contribution in [2.45, 2.75) is 25.2 Å². The van der Waals surface area contributed by atoms with E-state index in [0.29, 0.717) is 12.0 Å². The number of carbonyl (C=O) groups is 2. The number of hydrogen-bond donors (Lipinski definition) is 2. The van der Waals surface area contributed by atoms with E-state index in [-0.39, 0.29) is 18.9 Å². The summed E-state index contributed by atoms with van der Waals surface area (Å²) in [6.45, 7) is 1.87. The van der Waals surface area contributed by atoms with Gasteiger partial charge in [0.05, 0.1) is 13.5 Å². The van der Waals surface area contributed by atoms with Crippen LogP contribution >= 0.6 is 0 Å². The molecule has 2 aromatic carbocycles. The van der Waals surface area contributed by atoms with Gasteiger partial charge in [-0.25, -0.2) is 0 Å². The Bertz CT molecular complexity index is 712. The number of carbonyl (C=O) groups excluding carboxylic acids is 1. The number of hydrogen-bond acceptors (Lipinski definition) is 3. The van der Waals surface area contributed by atoms with Gasteiger partial charge < -0.3 is 15.2 Å². The van der Waals surface area contributed by atoms with E-state index in [4.69, 9.17) is 4.74 Å². The predicted molar refractivity (Wildman–Crippen MR) is 95.8 cm³/mol. The number of methoxy groups -OCH3 is 1. The zero-order valence-corrected chi connectivity index (χ0v) is 14.5. The second-order valence-electron chi connectivity index (χ2n) is 5.91. The molecule has 132 valence electrons. The van der Waals surface area contributed by atoms with E-state index in [1.54, 1.807) is 31.4 Å². The molecule has 5 nitrogen and oxygen atoms in total. The molecule has 0 aliphatic rings. The quantitative estimate of drug-likeness (QED) is 0.774. The second kappa shape index (κ2) is 8.33. The summed E-state index contributed by atoms with van der Waals surface area (Å²) in [7, 11) is 1.58. The molecule has 2 aromatic rings. The van der Waals surface area contributed by atoms with E-state index in [0.717, 1.165) is 11.3 Å². The molecule has 0 heterocycles. The number of rotatable bonds is 8. The number of nitrogens with one attached hydrogen (secondary N) is 1. The third-order valence-electron chi connectivity index (χ3n) is 4.45. The van der Waals surface area contributed by atoms with Crippen molar-refractivity contribution in [3.63, 3.8) is 0 Å². The summed E-state index contributed by atoms with van der Waals surface area (Å²) >= 11 is 0. The molecule has 0 saturated heterocycles. The summed E-state index contributed by atoms with van der Waals surface area (Å²) in [6.07, 6.45) is 0.577. The lowest BCUT2D eigenvalue weighted by atomic mass is 9.78. The average molecular weight is 341 g/mol. The molecule has 0 bridgehead atoms. The molecular weight excluding hydrogens is 318 g/mol. The lowest BCUT2D eigenvalue weighted by Gasteiger charge is -2.29. The summed E-state index contributed by atoms with van der Waals surface area (Å²) in [6, 6.07) is 16.2. The Morgan fingerprint density at radius 1 is 1.08 bits per heavy atom. The zero-order chi connectivity index (χ0) is 18.3. The number of carboxylic acids is 1. The Balaban J connectivity index is 2.07. The van der Waals surface area contributed by atoms with Crippen molar-refractivity contribution in [2.75, 3.05) is 13.7 Å². The second-order valence-corrected chi connectivity index (χ2v) is 5.91. The van der Waals surface area contributed by atoms with Gasteiger partial charge >= 0.3 is 5.97 Å². The van der Waals surface area contributed by atoms with Crippen molar-refractivity contribution in [2.24, 2.45) is 0 Å². The number of carboxylic acid groups (broad SMARTS) is 1. The lowest BCUT2D eigenvalue weighted by molar-refractivity contribution is -0.144. The molecule has 0 radical (unpaired) electrons. The number of amides is 1. The lowest BCUT2D eigenvalue weighted by Crippen LogP contribution is -2.46. The smallest absolute Gasteiger partial charge is 0.315 e. The van der Waals surface area contributed by atoms with Crippen molar-refractivity contribution in [3.8, 4) is 5.75 Å². The van der Waals surface area contributed by atoms with E-state index in [1.165, 1.54) is 0 Å². The zero-order valence-electron chi connectivity index (χ0n) is 14.5. The maximum atomic E-state index is 12.2. The fourth-order valence-electron chi connectivity index (χ4n) is 2.78. The topological polar surface area (TPSA) is 75.6 Å². The van der Waals surface area contributed by atoms with E-state index in [1.807, 2.05) is 37.3 Å². The molecule has 0 spiro atoms. The minimum Gasteiger partial charge on any atom is -0.497 e. The van der Waals surface area contributed by atoms with Crippen LogP contribution in [0.1, 0.15) is 24.5 Å². The van der Waals surface area contributed by atoms with Crippen molar-refractivity contribution in [3.05, 3.63) is 65.7 Å². The molecule has 0 saturated carbocycles. The van der Waals surface area contributed by atoms with Crippen molar-refractivity contribution >= 4 is 11.9 Å². The van der Waals surface area contributed by atoms with Crippen LogP contribution in [0.2, 0.25) is 0 Å². The molecule has 2 rings (SSSR count). The minimum absolute atomic E-state index is 0.0534. The van der Waals surface area contributed by atoms with Gasteiger partial charge in [0, 0.05) is 6.54 Å². The summed E-state index contributed by atoms with van der Waals surface area (Å²) in [5, 5.41) is 12.6. The van der Waals surface area contributed by atoms with Crippen LogP contribution in [0.15, 0.2) is 54.6 Å². The summed E-state index contributed by atoms with van der Waals surface area (Å²) in [5.74, 6) is -0.421. The Hall–Kier alpha value is -2.82. The molecular formula is C20H23NO4. The van der Waals surface area contributed by atoms with Crippen LogP contribution in [0.25, 0.3) is 0 Å². The first-order valence-corrected chi connectivity index (χ1v) is 8.20. The Morgan fingerprint density at radius 2 is 1.72 bits per heavy atom. The standard InChI is InChI=1S/C20H23NO4/c1-3-20(19(23)24,16-7-5-4-6-8-16)14-21-18(22)13-15-9-11-17(25-2)12-10-15/h4-12H,3,13-14H2,1-2H3,(H,21,22)(H,23,24). The van der Waals surface area contributed by atoms with Gasteiger partial charge in [-0.15, -0.1) is 0 Å². The van der Waals surface area contributed by atoms with Crippen LogP contribution in [-0.2, 0) is 21.4 Å². The minimum atomic E-state index is -1.13. The van der Waals surface area contributed by atoms with Gasteiger partial charge in [-0.05, 0) is 29.7 Å². The van der Waals surface area contributed by atoms with Gasteiger partial charge in [0.1, 0.15) is 11.2 Å². The van der Waals surface area contributed by atoms with Crippen LogP contribution in [-0.4, -0.2) is 30.6 Å². The molecule has 1 unspecified atom stereocenters. The highest BCUT2D eigenvalue weighted by Gasteiger charge is 2.38. The van der Waals surface area contributed by atoms with Gasteiger partial charge in [-0.3, -0.25) is 9.59 Å². The van der Waals surface area contributed by atoms with E-state index in [2.05, 4.69) is 5.32 Å². The molecule has 2 N–H and O–H groups in total. The number of benzene rings is 2. The molecule has 0 fully saturated rings. The van der Waals surface area contributed by atoms with Gasteiger partial charge in [-0.2, -0.15) is 0 Å². The largest absolute Gasteiger partial charge is 0.497 e. The summed E-state index contributed by atoms with van der Waals surface area (Å²) in [5.41, 5.74) is 0.404. The third kappa shape index (κ3) is 4.38. The van der Waals surface area contributed by atoms with Crippen molar-refractivity contribution in [1.82, 2.24) is 5.32 Å². The first kappa shape index (κ1) is 18.5. The monoisotopic (exact) mass is 341 g/mol. The summed E-state index contributed by atoms with van der Waals surface area (Å²) < 4.78 is 5.09. The first-order chi connectivity index (χ1) is 12.0. The van der Waals surface area contributed by atoms with E-state index in [9.17, 15) is 14.7 Å². The summed E-state index contributed by atoms with van der Waals surface area (Å²) in [4.78, 5) is 24.2. The van der Waals surface area contributed by atoms with Crippen LogP contribution in [0.5, 0.6) is 5.75 Å². The fraction of sp³-hybridized carbons (Fsp3) is 0.300. The fourth-order valence-corrected chi connectivity index (χ4v) is 2.78. The van der Waals surface area contributed by atoms with Gasteiger partial charge in [-0.1, -0.05) is 49.4 Å². The van der Waals surface area contributed by atoms with Gasteiger partial charge in [0.2, 0.25) is 5.91 Å². The molecule has 0 aliphatic carbocycles. The van der Waals surface area contributed by atoms with Crippen molar-refractivity contribution in [1.29, 1.82) is 0 Å². The molecule has 25 heavy (non-hydrogen) atoms. The molecule has 5 heteroatoms. The maximum Gasteiger partial charge on any atom is 0.315 e. The highest BCUT2D eigenvalue weighted by atomic mass is 16.5. The average Bonchev–Trinajstić information content (AvgIpc) is 2.64. The van der Waals surface area contributed by atoms with E-state index >= 15 is 0 Å². The molecule has 0 aliphatic heterocycles. The van der Waals surface area contributed by atoms with Gasteiger partial charge in [0.25, 0.3) is 0 Å². The molecule has 1 amide bonds. The van der Waals surface area contributed by atoms with Crippen LogP contribution in [0, 0.1) is 0 Å².